The van der Waals surface area contributed by atoms with E-state index in [2.05, 4.69) is 4.98 Å². The number of carboxylic acids is 1. The average molecular weight is 538 g/mol. The van der Waals surface area contributed by atoms with Gasteiger partial charge in [-0.2, -0.15) is 0 Å². The smallest absolute Gasteiger partial charge is 0.354 e. The minimum Gasteiger partial charge on any atom is -0.488 e. The predicted molar refractivity (Wildman–Crippen MR) is 153 cm³/mol. The predicted octanol–water partition coefficient (Wildman–Crippen LogP) is 5.66. The van der Waals surface area contributed by atoms with E-state index in [9.17, 15) is 14.7 Å². The number of amides is 1. The highest BCUT2D eigenvalue weighted by Gasteiger charge is 2.25. The van der Waals surface area contributed by atoms with Crippen molar-refractivity contribution in [2.24, 2.45) is 0 Å². The van der Waals surface area contributed by atoms with Crippen LogP contribution in [0.5, 0.6) is 5.75 Å². The Hall–Kier alpha value is -4.69. The molecule has 0 aliphatic carbocycles. The van der Waals surface area contributed by atoms with Gasteiger partial charge in [0.05, 0.1) is 29.2 Å². The molecule has 0 atom stereocenters. The number of likely N-dealkylation sites (N-methyl/N-ethyl adjacent to an activating group) is 1. The summed E-state index contributed by atoms with van der Waals surface area (Å²) in [6.07, 6.45) is 1.53. The number of hydrogen-bond acceptors (Lipinski definition) is 5. The van der Waals surface area contributed by atoms with Gasteiger partial charge in [-0.15, -0.1) is 0 Å². The van der Waals surface area contributed by atoms with Crippen molar-refractivity contribution in [2.75, 3.05) is 13.7 Å². The number of aromatic carboxylic acids is 1. The van der Waals surface area contributed by atoms with Crippen molar-refractivity contribution in [3.05, 3.63) is 107 Å². The highest BCUT2D eigenvalue weighted by Crippen LogP contribution is 2.39. The van der Waals surface area contributed by atoms with Crippen molar-refractivity contribution in [1.29, 1.82) is 0 Å². The number of fused-ring (bicyclic) bond motifs is 3. The molecule has 5 aromatic rings. The van der Waals surface area contributed by atoms with Crippen molar-refractivity contribution in [3.8, 4) is 5.75 Å². The molecule has 0 spiro atoms. The van der Waals surface area contributed by atoms with Gasteiger partial charge in [-0.25, -0.2) is 9.78 Å². The number of ether oxygens (including phenoxy) is 2. The lowest BCUT2D eigenvalue weighted by Crippen LogP contribution is -2.33. The first kappa shape index (κ1) is 26.9. The van der Waals surface area contributed by atoms with Gasteiger partial charge in [-0.05, 0) is 30.2 Å². The number of pyridine rings is 1. The molecule has 0 aliphatic heterocycles. The summed E-state index contributed by atoms with van der Waals surface area (Å²) in [4.78, 5) is 31.9. The number of carbonyl (C=O) groups excluding carboxylic acids is 1. The van der Waals surface area contributed by atoms with Crippen molar-refractivity contribution in [1.82, 2.24) is 14.5 Å². The number of methoxy groups -OCH3 is 1. The molecule has 5 rings (SSSR count). The highest BCUT2D eigenvalue weighted by atomic mass is 16.5. The quantitative estimate of drug-likeness (QED) is 0.234. The molecule has 204 valence electrons. The third-order valence-electron chi connectivity index (χ3n) is 6.97. The molecule has 40 heavy (non-hydrogen) atoms. The van der Waals surface area contributed by atoms with Crippen LogP contribution in [0.15, 0.2) is 85.1 Å². The standard InChI is InChI=1S/C32H31N3O5/c1-3-34(18-22-11-6-4-7-12-22)28(36)19-35-25-15-10-16-27(40-20-23-13-8-5-9-14-23)30(25)29-24(21-39-2)31(32(37)38)33-17-26(29)35/h4-17H,3,18-21H2,1-2H3,(H,37,38). The van der Waals surface area contributed by atoms with Gasteiger partial charge in [0.15, 0.2) is 5.69 Å². The Kier molecular flexibility index (Phi) is 8.07. The Morgan fingerprint density at radius 3 is 2.23 bits per heavy atom. The molecule has 8 heteroatoms. The maximum absolute atomic E-state index is 13.6. The highest BCUT2D eigenvalue weighted by molar-refractivity contribution is 6.14. The minimum absolute atomic E-state index is 0.0428. The number of rotatable bonds is 11. The van der Waals surface area contributed by atoms with Crippen molar-refractivity contribution in [2.45, 2.75) is 33.2 Å². The molecule has 0 aliphatic rings. The van der Waals surface area contributed by atoms with Crippen LogP contribution in [0, 0.1) is 0 Å². The van der Waals surface area contributed by atoms with Crippen molar-refractivity contribution in [3.63, 3.8) is 0 Å². The molecule has 0 bridgehead atoms. The second kappa shape index (κ2) is 12.0. The van der Waals surface area contributed by atoms with Crippen LogP contribution in [0.2, 0.25) is 0 Å². The number of carbonyl (C=O) groups is 2. The van der Waals surface area contributed by atoms with Crippen LogP contribution in [0.3, 0.4) is 0 Å². The van der Waals surface area contributed by atoms with Gasteiger partial charge in [-0.1, -0.05) is 66.7 Å². The third-order valence-corrected chi connectivity index (χ3v) is 6.97. The van der Waals surface area contributed by atoms with E-state index >= 15 is 0 Å². The van der Waals surface area contributed by atoms with Crippen LogP contribution >= 0.6 is 0 Å². The largest absolute Gasteiger partial charge is 0.488 e. The zero-order chi connectivity index (χ0) is 28.1. The number of aromatic nitrogens is 2. The number of carboxylic acid groups (broad SMARTS) is 1. The molecule has 8 nitrogen and oxygen atoms in total. The normalized spacial score (nSPS) is 11.2. The monoisotopic (exact) mass is 537 g/mol. The summed E-state index contributed by atoms with van der Waals surface area (Å²) >= 11 is 0. The molecule has 2 heterocycles. The van der Waals surface area contributed by atoms with E-state index < -0.39 is 5.97 Å². The molecule has 2 aromatic heterocycles. The molecule has 0 fully saturated rings. The van der Waals surface area contributed by atoms with Crippen LogP contribution in [-0.2, 0) is 35.8 Å². The molecule has 0 saturated carbocycles. The van der Waals surface area contributed by atoms with Gasteiger partial charge in [0.1, 0.15) is 18.9 Å². The second-order valence-electron chi connectivity index (χ2n) is 9.49. The van der Waals surface area contributed by atoms with Crippen LogP contribution in [0.1, 0.15) is 34.1 Å². The van der Waals surface area contributed by atoms with Crippen LogP contribution < -0.4 is 4.74 Å². The Balaban J connectivity index is 1.64. The Morgan fingerprint density at radius 1 is 0.875 bits per heavy atom. The maximum Gasteiger partial charge on any atom is 0.354 e. The van der Waals surface area contributed by atoms with Crippen LogP contribution in [-0.4, -0.2) is 45.1 Å². The van der Waals surface area contributed by atoms with Crippen LogP contribution in [0.25, 0.3) is 21.8 Å². The molecule has 1 N–H and O–H groups in total. The summed E-state index contributed by atoms with van der Waals surface area (Å²) in [5.74, 6) is -0.612. The van der Waals surface area contributed by atoms with E-state index in [4.69, 9.17) is 9.47 Å². The van der Waals surface area contributed by atoms with E-state index in [1.54, 1.807) is 4.90 Å². The zero-order valence-electron chi connectivity index (χ0n) is 22.5. The fourth-order valence-corrected chi connectivity index (χ4v) is 5.06. The molecule has 0 radical (unpaired) electrons. The van der Waals surface area contributed by atoms with Gasteiger partial charge >= 0.3 is 5.97 Å². The van der Waals surface area contributed by atoms with E-state index in [-0.39, 0.29) is 24.8 Å². The zero-order valence-corrected chi connectivity index (χ0v) is 22.5. The molecular weight excluding hydrogens is 506 g/mol. The summed E-state index contributed by atoms with van der Waals surface area (Å²) in [5.41, 5.74) is 3.81. The number of nitrogens with zero attached hydrogens (tertiary/aromatic N) is 3. The van der Waals surface area contributed by atoms with E-state index in [0.29, 0.717) is 41.9 Å². The molecule has 0 unspecified atom stereocenters. The maximum atomic E-state index is 13.6. The fourth-order valence-electron chi connectivity index (χ4n) is 5.06. The lowest BCUT2D eigenvalue weighted by atomic mass is 10.1. The Morgan fingerprint density at radius 2 is 1.57 bits per heavy atom. The number of benzene rings is 3. The van der Waals surface area contributed by atoms with E-state index in [1.165, 1.54) is 13.3 Å². The first-order valence-corrected chi connectivity index (χ1v) is 13.1. The second-order valence-corrected chi connectivity index (χ2v) is 9.49. The summed E-state index contributed by atoms with van der Waals surface area (Å²) in [5, 5.41) is 11.3. The fraction of sp³-hybridized carbons (Fsp3) is 0.219. The molecule has 1 amide bonds. The molecule has 0 saturated heterocycles. The third kappa shape index (κ3) is 5.39. The lowest BCUT2D eigenvalue weighted by Gasteiger charge is -2.22. The van der Waals surface area contributed by atoms with Crippen molar-refractivity contribution >= 4 is 33.7 Å². The van der Waals surface area contributed by atoms with Crippen molar-refractivity contribution < 1.29 is 24.2 Å². The Labute approximate surface area is 232 Å². The molecule has 3 aromatic carbocycles. The van der Waals surface area contributed by atoms with E-state index in [1.807, 2.05) is 90.4 Å². The average Bonchev–Trinajstić information content (AvgIpc) is 3.30. The lowest BCUT2D eigenvalue weighted by molar-refractivity contribution is -0.132. The number of hydrogen-bond donors (Lipinski definition) is 1. The van der Waals surface area contributed by atoms with Gasteiger partial charge in [0, 0.05) is 31.1 Å². The van der Waals surface area contributed by atoms with Gasteiger partial charge in [0.2, 0.25) is 5.91 Å². The summed E-state index contributed by atoms with van der Waals surface area (Å²) < 4.78 is 13.6. The SMILES string of the molecule is CCN(Cc1ccccc1)C(=O)Cn1c2cccc(OCc3ccccc3)c2c2c(COC)c(C(=O)O)ncc21. The van der Waals surface area contributed by atoms with Gasteiger partial charge in [-0.3, -0.25) is 4.79 Å². The topological polar surface area (TPSA) is 93.9 Å². The summed E-state index contributed by atoms with van der Waals surface area (Å²) in [6, 6.07) is 25.4. The van der Waals surface area contributed by atoms with Crippen LogP contribution in [0.4, 0.5) is 0 Å². The minimum atomic E-state index is -1.14. The summed E-state index contributed by atoms with van der Waals surface area (Å²) in [6.45, 7) is 3.44. The van der Waals surface area contributed by atoms with E-state index in [0.717, 1.165) is 22.0 Å². The first-order valence-electron chi connectivity index (χ1n) is 13.1. The first-order chi connectivity index (χ1) is 19.5. The molecular formula is C32H31N3O5. The van der Waals surface area contributed by atoms with Gasteiger partial charge in [0.25, 0.3) is 0 Å². The van der Waals surface area contributed by atoms with Gasteiger partial charge < -0.3 is 24.0 Å². The Bertz CT molecular complexity index is 1650. The summed E-state index contributed by atoms with van der Waals surface area (Å²) in [7, 11) is 1.52.